The van der Waals surface area contributed by atoms with Gasteiger partial charge < -0.3 is 15.2 Å². The lowest BCUT2D eigenvalue weighted by molar-refractivity contribution is -0.134. The molecule has 0 unspecified atom stereocenters. The summed E-state index contributed by atoms with van der Waals surface area (Å²) in [5, 5.41) is 11.5. The summed E-state index contributed by atoms with van der Waals surface area (Å²) in [5.41, 5.74) is 2.56. The van der Waals surface area contributed by atoms with Crippen molar-refractivity contribution >= 4 is 18.0 Å². The summed E-state index contributed by atoms with van der Waals surface area (Å²) in [6, 6.07) is 15.0. The molecule has 0 spiro atoms. The second-order valence-electron chi connectivity index (χ2n) is 5.36. The maximum atomic E-state index is 11.2. The van der Waals surface area contributed by atoms with E-state index in [0.29, 0.717) is 17.9 Å². The van der Waals surface area contributed by atoms with Crippen LogP contribution >= 0.6 is 0 Å². The SMILES string of the molecule is CC(=O)N/C(=C/c1ccccc1OCc1ccc(C)cc1)C(=O)O. The first-order valence-corrected chi connectivity index (χ1v) is 7.45. The molecule has 0 fully saturated rings. The van der Waals surface area contributed by atoms with Gasteiger partial charge in [-0.15, -0.1) is 0 Å². The van der Waals surface area contributed by atoms with Crippen molar-refractivity contribution in [3.05, 3.63) is 70.9 Å². The Morgan fingerprint density at radius 3 is 2.42 bits per heavy atom. The van der Waals surface area contributed by atoms with Crippen LogP contribution < -0.4 is 10.1 Å². The smallest absolute Gasteiger partial charge is 0.352 e. The summed E-state index contributed by atoms with van der Waals surface area (Å²) < 4.78 is 5.80. The van der Waals surface area contributed by atoms with Crippen molar-refractivity contribution in [3.63, 3.8) is 0 Å². The molecule has 2 rings (SSSR count). The highest BCUT2D eigenvalue weighted by Crippen LogP contribution is 2.22. The number of aryl methyl sites for hydroxylation is 1. The molecule has 2 aromatic rings. The molecule has 0 bridgehead atoms. The van der Waals surface area contributed by atoms with Crippen LogP contribution in [0.1, 0.15) is 23.6 Å². The van der Waals surface area contributed by atoms with Gasteiger partial charge in [0, 0.05) is 12.5 Å². The number of amides is 1. The summed E-state index contributed by atoms with van der Waals surface area (Å²) in [4.78, 5) is 22.4. The zero-order chi connectivity index (χ0) is 17.5. The number of carbonyl (C=O) groups excluding carboxylic acids is 1. The fourth-order valence-electron chi connectivity index (χ4n) is 2.07. The van der Waals surface area contributed by atoms with E-state index in [1.165, 1.54) is 18.6 Å². The lowest BCUT2D eigenvalue weighted by Gasteiger charge is -2.10. The van der Waals surface area contributed by atoms with Crippen LogP contribution in [0.2, 0.25) is 0 Å². The molecule has 0 heterocycles. The van der Waals surface area contributed by atoms with Gasteiger partial charge in [0.15, 0.2) is 0 Å². The largest absolute Gasteiger partial charge is 0.488 e. The van der Waals surface area contributed by atoms with Crippen molar-refractivity contribution < 1.29 is 19.4 Å². The number of ether oxygens (including phenoxy) is 1. The highest BCUT2D eigenvalue weighted by Gasteiger charge is 2.11. The molecule has 1 amide bonds. The minimum atomic E-state index is -1.21. The van der Waals surface area contributed by atoms with Gasteiger partial charge in [0.25, 0.3) is 0 Å². The Morgan fingerprint density at radius 2 is 1.79 bits per heavy atom. The number of benzene rings is 2. The summed E-state index contributed by atoms with van der Waals surface area (Å²) in [7, 11) is 0. The predicted octanol–water partition coefficient (Wildman–Crippen LogP) is 3.14. The highest BCUT2D eigenvalue weighted by molar-refractivity contribution is 5.96. The quantitative estimate of drug-likeness (QED) is 0.800. The van der Waals surface area contributed by atoms with E-state index in [9.17, 15) is 14.7 Å². The van der Waals surface area contributed by atoms with Gasteiger partial charge in [0.2, 0.25) is 5.91 Å². The van der Waals surface area contributed by atoms with Crippen LogP contribution in [0, 0.1) is 6.92 Å². The number of carbonyl (C=O) groups is 2. The molecule has 0 saturated heterocycles. The topological polar surface area (TPSA) is 75.6 Å². The van der Waals surface area contributed by atoms with E-state index < -0.39 is 11.9 Å². The first kappa shape index (κ1) is 17.3. The average Bonchev–Trinajstić information content (AvgIpc) is 2.54. The fraction of sp³-hybridized carbons (Fsp3) is 0.158. The molecule has 2 aromatic carbocycles. The number of hydrogen-bond donors (Lipinski definition) is 2. The van der Waals surface area contributed by atoms with Crippen molar-refractivity contribution in [2.24, 2.45) is 0 Å². The molecule has 2 N–H and O–H groups in total. The third-order valence-electron chi connectivity index (χ3n) is 3.27. The summed E-state index contributed by atoms with van der Waals surface area (Å²) in [6.07, 6.45) is 1.38. The maximum Gasteiger partial charge on any atom is 0.352 e. The van der Waals surface area contributed by atoms with Gasteiger partial charge in [-0.1, -0.05) is 48.0 Å². The normalized spacial score (nSPS) is 11.0. The Morgan fingerprint density at radius 1 is 1.12 bits per heavy atom. The van der Waals surface area contributed by atoms with E-state index in [-0.39, 0.29) is 5.70 Å². The van der Waals surface area contributed by atoms with Crippen LogP contribution in [0.4, 0.5) is 0 Å². The standard InChI is InChI=1S/C19H19NO4/c1-13-7-9-15(10-8-13)12-24-18-6-4-3-5-16(18)11-17(19(22)23)20-14(2)21/h3-11H,12H2,1-2H3,(H,20,21)(H,22,23)/b17-11+. The van der Waals surface area contributed by atoms with Crippen LogP contribution in [0.3, 0.4) is 0 Å². The van der Waals surface area contributed by atoms with E-state index in [1.807, 2.05) is 31.2 Å². The summed E-state index contributed by atoms with van der Waals surface area (Å²) >= 11 is 0. The van der Waals surface area contributed by atoms with Gasteiger partial charge in [-0.25, -0.2) is 4.79 Å². The molecule has 0 aromatic heterocycles. The fourth-order valence-corrected chi connectivity index (χ4v) is 2.07. The molecular weight excluding hydrogens is 306 g/mol. The minimum absolute atomic E-state index is 0.200. The molecule has 5 heteroatoms. The lowest BCUT2D eigenvalue weighted by Crippen LogP contribution is -2.24. The highest BCUT2D eigenvalue weighted by atomic mass is 16.5. The number of rotatable bonds is 6. The Balaban J connectivity index is 2.21. The van der Waals surface area contributed by atoms with Crippen LogP contribution in [0.25, 0.3) is 6.08 Å². The molecule has 0 aliphatic carbocycles. The van der Waals surface area contributed by atoms with Crippen LogP contribution in [0.15, 0.2) is 54.2 Å². The van der Waals surface area contributed by atoms with E-state index in [1.54, 1.807) is 24.3 Å². The molecule has 0 saturated carbocycles. The average molecular weight is 325 g/mol. The summed E-state index contributed by atoms with van der Waals surface area (Å²) in [5.74, 6) is -1.11. The van der Waals surface area contributed by atoms with Gasteiger partial charge in [0.1, 0.15) is 18.1 Å². The van der Waals surface area contributed by atoms with Crippen LogP contribution in [-0.2, 0) is 16.2 Å². The van der Waals surface area contributed by atoms with E-state index >= 15 is 0 Å². The first-order chi connectivity index (χ1) is 11.5. The summed E-state index contributed by atoms with van der Waals surface area (Å²) in [6.45, 7) is 3.64. The van der Waals surface area contributed by atoms with Gasteiger partial charge in [-0.3, -0.25) is 4.79 Å². The zero-order valence-corrected chi connectivity index (χ0v) is 13.6. The number of aliphatic carboxylic acids is 1. The number of carboxylic acid groups (broad SMARTS) is 1. The van der Waals surface area contributed by atoms with E-state index in [0.717, 1.165) is 5.56 Å². The second kappa shape index (κ2) is 7.97. The predicted molar refractivity (Wildman–Crippen MR) is 91.4 cm³/mol. The third-order valence-corrected chi connectivity index (χ3v) is 3.27. The number of para-hydroxylation sites is 1. The van der Waals surface area contributed by atoms with Crippen molar-refractivity contribution in [1.82, 2.24) is 5.32 Å². The first-order valence-electron chi connectivity index (χ1n) is 7.45. The van der Waals surface area contributed by atoms with Gasteiger partial charge in [0.05, 0.1) is 0 Å². The lowest BCUT2D eigenvalue weighted by atomic mass is 10.1. The minimum Gasteiger partial charge on any atom is -0.488 e. The van der Waals surface area contributed by atoms with Crippen LogP contribution in [0.5, 0.6) is 5.75 Å². The molecule has 0 aliphatic heterocycles. The molecule has 24 heavy (non-hydrogen) atoms. The Kier molecular flexibility index (Phi) is 5.73. The monoisotopic (exact) mass is 325 g/mol. The Bertz CT molecular complexity index is 763. The zero-order valence-electron chi connectivity index (χ0n) is 13.6. The maximum absolute atomic E-state index is 11.2. The second-order valence-corrected chi connectivity index (χ2v) is 5.36. The van der Waals surface area contributed by atoms with Crippen molar-refractivity contribution in [3.8, 4) is 5.75 Å². The van der Waals surface area contributed by atoms with E-state index in [2.05, 4.69) is 5.32 Å². The Labute approximate surface area is 140 Å². The van der Waals surface area contributed by atoms with E-state index in [4.69, 9.17) is 4.74 Å². The molecule has 124 valence electrons. The van der Waals surface area contributed by atoms with Crippen LogP contribution in [-0.4, -0.2) is 17.0 Å². The number of nitrogens with one attached hydrogen (secondary N) is 1. The van der Waals surface area contributed by atoms with Gasteiger partial charge in [-0.05, 0) is 24.6 Å². The van der Waals surface area contributed by atoms with Crippen molar-refractivity contribution in [1.29, 1.82) is 0 Å². The number of carboxylic acids is 1. The number of hydrogen-bond acceptors (Lipinski definition) is 3. The molecular formula is C19H19NO4. The van der Waals surface area contributed by atoms with Crippen molar-refractivity contribution in [2.45, 2.75) is 20.5 Å². The molecule has 0 atom stereocenters. The third kappa shape index (κ3) is 4.98. The van der Waals surface area contributed by atoms with Gasteiger partial charge in [-0.2, -0.15) is 0 Å². The molecule has 0 aliphatic rings. The van der Waals surface area contributed by atoms with Crippen molar-refractivity contribution in [2.75, 3.05) is 0 Å². The molecule has 5 nitrogen and oxygen atoms in total. The molecule has 0 radical (unpaired) electrons. The van der Waals surface area contributed by atoms with Gasteiger partial charge >= 0.3 is 5.97 Å². The Hall–Kier alpha value is -3.08.